The van der Waals surface area contributed by atoms with E-state index in [0.717, 1.165) is 0 Å². The molecule has 2 rings (SSSR count). The van der Waals surface area contributed by atoms with Crippen LogP contribution in [0.15, 0.2) is 24.3 Å². The van der Waals surface area contributed by atoms with Gasteiger partial charge in [-0.3, -0.25) is 4.79 Å². The van der Waals surface area contributed by atoms with Crippen LogP contribution in [0.2, 0.25) is 0 Å². The number of anilines is 1. The number of nitrogen functional groups attached to an aromatic ring is 1. The van der Waals surface area contributed by atoms with E-state index in [-0.39, 0.29) is 18.6 Å². The highest BCUT2D eigenvalue weighted by Gasteiger charge is 2.23. The summed E-state index contributed by atoms with van der Waals surface area (Å²) in [6, 6.07) is 7.11. The van der Waals surface area contributed by atoms with E-state index in [1.54, 1.807) is 29.2 Å². The number of carbonyl (C=O) groups excluding carboxylic acids is 1. The molecule has 1 unspecified atom stereocenters. The number of ether oxygens (including phenoxy) is 2. The molecule has 0 bridgehead atoms. The van der Waals surface area contributed by atoms with Crippen LogP contribution in [-0.2, 0) is 9.53 Å². The molecule has 1 aliphatic rings. The number of nitrogens with two attached hydrogens (primary N) is 1. The highest BCUT2D eigenvalue weighted by Crippen LogP contribution is 2.15. The minimum Gasteiger partial charge on any atom is -0.493 e. The number of carbonyl (C=O) groups is 1. The van der Waals surface area contributed by atoms with Gasteiger partial charge >= 0.3 is 0 Å². The largest absolute Gasteiger partial charge is 0.493 e. The van der Waals surface area contributed by atoms with Crippen molar-refractivity contribution in [3.8, 4) is 5.75 Å². The molecule has 20 heavy (non-hydrogen) atoms. The second-order valence-electron chi connectivity index (χ2n) is 4.69. The molecule has 6 heteroatoms. The van der Waals surface area contributed by atoms with Crippen LogP contribution < -0.4 is 10.5 Å². The number of aliphatic hydroxyl groups excluding tert-OH is 1. The molecule has 0 aromatic heterocycles. The van der Waals surface area contributed by atoms with Crippen molar-refractivity contribution in [2.75, 3.05) is 38.6 Å². The molecule has 1 saturated heterocycles. The summed E-state index contributed by atoms with van der Waals surface area (Å²) in [4.78, 5) is 13.7. The van der Waals surface area contributed by atoms with Crippen LogP contribution in [0.4, 0.5) is 5.69 Å². The lowest BCUT2D eigenvalue weighted by Crippen LogP contribution is -2.47. The van der Waals surface area contributed by atoms with Crippen LogP contribution in [0.1, 0.15) is 6.42 Å². The third-order valence-electron chi connectivity index (χ3n) is 3.14. The molecule has 1 aliphatic heterocycles. The van der Waals surface area contributed by atoms with Crippen molar-refractivity contribution in [1.29, 1.82) is 0 Å². The molecule has 0 radical (unpaired) electrons. The van der Waals surface area contributed by atoms with Gasteiger partial charge in [0.1, 0.15) is 5.75 Å². The van der Waals surface area contributed by atoms with Crippen molar-refractivity contribution in [2.45, 2.75) is 12.5 Å². The Morgan fingerprint density at radius 2 is 2.40 bits per heavy atom. The predicted octanol–water partition coefficient (Wildman–Crippen LogP) is 0.257. The van der Waals surface area contributed by atoms with Gasteiger partial charge in [-0.05, 0) is 12.1 Å². The third kappa shape index (κ3) is 4.11. The molecule has 0 aliphatic carbocycles. The van der Waals surface area contributed by atoms with E-state index in [0.29, 0.717) is 44.2 Å². The van der Waals surface area contributed by atoms with Gasteiger partial charge in [0.05, 0.1) is 32.3 Å². The molecule has 3 N–H and O–H groups in total. The summed E-state index contributed by atoms with van der Waals surface area (Å²) in [6.45, 7) is 1.71. The van der Waals surface area contributed by atoms with Gasteiger partial charge in [0, 0.05) is 24.8 Å². The minimum atomic E-state index is -0.275. The van der Waals surface area contributed by atoms with E-state index in [1.165, 1.54) is 0 Å². The standard InChI is InChI=1S/C14H20N2O4/c15-11-2-1-3-12(8-11)19-6-4-14(18)16-5-7-20-13(9-16)10-17/h1-3,8,13,17H,4-7,9-10,15H2. The Balaban J connectivity index is 1.75. The number of aliphatic hydroxyl groups is 1. The topological polar surface area (TPSA) is 85.0 Å². The van der Waals surface area contributed by atoms with E-state index >= 15 is 0 Å². The van der Waals surface area contributed by atoms with Gasteiger partial charge in [-0.25, -0.2) is 0 Å². The van der Waals surface area contributed by atoms with Gasteiger partial charge in [-0.1, -0.05) is 6.07 Å². The summed E-state index contributed by atoms with van der Waals surface area (Å²) < 4.78 is 10.8. The molecule has 6 nitrogen and oxygen atoms in total. The van der Waals surface area contributed by atoms with Crippen molar-refractivity contribution in [2.24, 2.45) is 0 Å². The molecule has 0 saturated carbocycles. The molecular formula is C14H20N2O4. The fourth-order valence-corrected chi connectivity index (χ4v) is 2.07. The summed E-state index contributed by atoms with van der Waals surface area (Å²) in [5.74, 6) is 0.670. The molecule has 0 spiro atoms. The summed E-state index contributed by atoms with van der Waals surface area (Å²) in [5.41, 5.74) is 6.28. The summed E-state index contributed by atoms with van der Waals surface area (Å²) >= 11 is 0. The number of hydrogen-bond donors (Lipinski definition) is 2. The predicted molar refractivity (Wildman–Crippen MR) is 74.4 cm³/mol. The number of rotatable bonds is 5. The SMILES string of the molecule is Nc1cccc(OCCC(=O)N2CCOC(CO)C2)c1. The van der Waals surface area contributed by atoms with Gasteiger partial charge in [-0.15, -0.1) is 0 Å². The maximum absolute atomic E-state index is 12.0. The van der Waals surface area contributed by atoms with Gasteiger partial charge in [-0.2, -0.15) is 0 Å². The van der Waals surface area contributed by atoms with Gasteiger partial charge in [0.15, 0.2) is 0 Å². The molecule has 1 aromatic carbocycles. The Morgan fingerprint density at radius 1 is 1.55 bits per heavy atom. The lowest BCUT2D eigenvalue weighted by atomic mass is 10.2. The first-order chi connectivity index (χ1) is 9.69. The summed E-state index contributed by atoms with van der Waals surface area (Å²) in [5, 5.41) is 9.04. The van der Waals surface area contributed by atoms with Crippen LogP contribution in [0.5, 0.6) is 5.75 Å². The van der Waals surface area contributed by atoms with Crippen molar-refractivity contribution in [3.63, 3.8) is 0 Å². The van der Waals surface area contributed by atoms with Crippen LogP contribution in [0.3, 0.4) is 0 Å². The highest BCUT2D eigenvalue weighted by atomic mass is 16.5. The van der Waals surface area contributed by atoms with Crippen molar-refractivity contribution < 1.29 is 19.4 Å². The Bertz CT molecular complexity index is 453. The fraction of sp³-hybridized carbons (Fsp3) is 0.500. The first kappa shape index (κ1) is 14.6. The van der Waals surface area contributed by atoms with Crippen LogP contribution >= 0.6 is 0 Å². The van der Waals surface area contributed by atoms with Crippen molar-refractivity contribution in [3.05, 3.63) is 24.3 Å². The number of hydrogen-bond acceptors (Lipinski definition) is 5. The van der Waals surface area contributed by atoms with E-state index < -0.39 is 0 Å². The lowest BCUT2D eigenvalue weighted by Gasteiger charge is -2.32. The number of amides is 1. The number of benzene rings is 1. The van der Waals surface area contributed by atoms with Gasteiger partial charge < -0.3 is 25.2 Å². The quantitative estimate of drug-likeness (QED) is 0.756. The smallest absolute Gasteiger partial charge is 0.226 e. The summed E-state index contributed by atoms with van der Waals surface area (Å²) in [7, 11) is 0. The zero-order valence-corrected chi connectivity index (χ0v) is 11.3. The Morgan fingerprint density at radius 3 is 3.15 bits per heavy atom. The van der Waals surface area contributed by atoms with Gasteiger partial charge in [0.25, 0.3) is 0 Å². The Labute approximate surface area is 118 Å². The molecule has 110 valence electrons. The molecular weight excluding hydrogens is 260 g/mol. The Kier molecular flexibility index (Phi) is 5.20. The average molecular weight is 280 g/mol. The van der Waals surface area contributed by atoms with Crippen molar-refractivity contribution in [1.82, 2.24) is 4.90 Å². The molecule has 1 fully saturated rings. The zero-order valence-electron chi connectivity index (χ0n) is 11.3. The zero-order chi connectivity index (χ0) is 14.4. The second kappa shape index (κ2) is 7.12. The minimum absolute atomic E-state index is 0.00986. The normalized spacial score (nSPS) is 18.9. The molecule has 1 amide bonds. The molecule has 1 heterocycles. The number of nitrogens with zero attached hydrogens (tertiary/aromatic N) is 1. The maximum atomic E-state index is 12.0. The molecule has 1 aromatic rings. The Hall–Kier alpha value is -1.79. The average Bonchev–Trinajstić information content (AvgIpc) is 2.47. The van der Waals surface area contributed by atoms with E-state index in [9.17, 15) is 4.79 Å². The maximum Gasteiger partial charge on any atom is 0.226 e. The fourth-order valence-electron chi connectivity index (χ4n) is 2.07. The van der Waals surface area contributed by atoms with E-state index in [4.69, 9.17) is 20.3 Å². The number of morpholine rings is 1. The first-order valence-electron chi connectivity index (χ1n) is 6.67. The summed E-state index contributed by atoms with van der Waals surface area (Å²) in [6.07, 6.45) is 0.0231. The lowest BCUT2D eigenvalue weighted by molar-refractivity contribution is -0.140. The third-order valence-corrected chi connectivity index (χ3v) is 3.14. The first-order valence-corrected chi connectivity index (χ1v) is 6.67. The van der Waals surface area contributed by atoms with E-state index in [2.05, 4.69) is 0 Å². The van der Waals surface area contributed by atoms with E-state index in [1.807, 2.05) is 0 Å². The van der Waals surface area contributed by atoms with Crippen LogP contribution in [0, 0.1) is 0 Å². The second-order valence-corrected chi connectivity index (χ2v) is 4.69. The molecule has 1 atom stereocenters. The highest BCUT2D eigenvalue weighted by molar-refractivity contribution is 5.76. The monoisotopic (exact) mass is 280 g/mol. The van der Waals surface area contributed by atoms with Crippen LogP contribution in [0.25, 0.3) is 0 Å². The van der Waals surface area contributed by atoms with Crippen molar-refractivity contribution >= 4 is 11.6 Å². The van der Waals surface area contributed by atoms with Gasteiger partial charge in [0.2, 0.25) is 5.91 Å². The van der Waals surface area contributed by atoms with Crippen LogP contribution in [-0.4, -0.2) is 54.9 Å².